The molecule has 0 fully saturated rings. The Labute approximate surface area is 72.1 Å². The van der Waals surface area contributed by atoms with Crippen LogP contribution in [0.25, 0.3) is 21.9 Å². The van der Waals surface area contributed by atoms with Crippen molar-refractivity contribution in [1.82, 2.24) is 15.0 Å². The van der Waals surface area contributed by atoms with Crippen molar-refractivity contribution in [3.8, 4) is 0 Å². The van der Waals surface area contributed by atoms with Crippen molar-refractivity contribution in [3.05, 3.63) is 24.4 Å². The summed E-state index contributed by atoms with van der Waals surface area (Å²) in [5.41, 5.74) is 2.01. The van der Waals surface area contributed by atoms with Crippen LogP contribution >= 0.6 is 0 Å². The van der Waals surface area contributed by atoms with E-state index in [9.17, 15) is 5.21 Å². The van der Waals surface area contributed by atoms with E-state index in [1.807, 2.05) is 12.1 Å². The molecule has 2 aromatic heterocycles. The molecule has 5 heteroatoms. The van der Waals surface area contributed by atoms with Crippen LogP contribution in [-0.4, -0.2) is 20.3 Å². The first kappa shape index (κ1) is 6.47. The van der Waals surface area contributed by atoms with Gasteiger partial charge in [0, 0.05) is 11.6 Å². The van der Waals surface area contributed by atoms with Crippen LogP contribution in [0.2, 0.25) is 0 Å². The summed E-state index contributed by atoms with van der Waals surface area (Å²) in [6, 6.07) is 5.35. The van der Waals surface area contributed by atoms with Gasteiger partial charge in [0.25, 0.3) is 0 Å². The van der Waals surface area contributed by atoms with Crippen molar-refractivity contribution in [2.45, 2.75) is 0 Å². The van der Waals surface area contributed by atoms with Crippen LogP contribution in [0.15, 0.2) is 29.0 Å². The van der Waals surface area contributed by atoms with Gasteiger partial charge in [0.1, 0.15) is 11.0 Å². The van der Waals surface area contributed by atoms with Crippen LogP contribution in [-0.2, 0) is 0 Å². The Bertz CT molecular complexity index is 581. The molecule has 2 heterocycles. The third-order valence-electron chi connectivity index (χ3n) is 2.04. The molecule has 13 heavy (non-hydrogen) atoms. The lowest BCUT2D eigenvalue weighted by Crippen LogP contribution is -1.84. The van der Waals surface area contributed by atoms with Gasteiger partial charge in [-0.05, 0) is 28.3 Å². The fraction of sp³-hybridized carbons (Fsp3) is 0. The second-order valence-corrected chi connectivity index (χ2v) is 2.76. The van der Waals surface area contributed by atoms with E-state index in [1.54, 1.807) is 12.3 Å². The van der Waals surface area contributed by atoms with Crippen molar-refractivity contribution < 1.29 is 9.84 Å². The SMILES string of the molecule is On1onc2c3ccnc3ccc21. The normalized spacial score (nSPS) is 11.4. The first-order chi connectivity index (χ1) is 6.36. The molecule has 0 radical (unpaired) electrons. The summed E-state index contributed by atoms with van der Waals surface area (Å²) < 4.78 is 4.59. The molecule has 0 aliphatic rings. The fourth-order valence-electron chi connectivity index (χ4n) is 1.43. The van der Waals surface area contributed by atoms with Crippen molar-refractivity contribution in [2.24, 2.45) is 0 Å². The number of rotatable bonds is 0. The van der Waals surface area contributed by atoms with Gasteiger partial charge in [0.05, 0.1) is 5.52 Å². The second kappa shape index (κ2) is 2.01. The minimum absolute atomic E-state index is 0.542. The fourth-order valence-corrected chi connectivity index (χ4v) is 1.43. The second-order valence-electron chi connectivity index (χ2n) is 2.76. The van der Waals surface area contributed by atoms with Crippen molar-refractivity contribution in [1.29, 1.82) is 0 Å². The summed E-state index contributed by atoms with van der Waals surface area (Å²) in [4.78, 5) is 4.75. The monoisotopic (exact) mass is 175 g/mol. The number of hydrogen-bond acceptors (Lipinski definition) is 4. The molecule has 1 aromatic carbocycles. The molecule has 0 bridgehead atoms. The molecule has 5 nitrogen and oxygen atoms in total. The zero-order valence-electron chi connectivity index (χ0n) is 6.51. The first-order valence-corrected chi connectivity index (χ1v) is 3.78. The van der Waals surface area contributed by atoms with Gasteiger partial charge in [-0.3, -0.25) is 4.98 Å². The number of hydrogen-bond donors (Lipinski definition) is 1. The van der Waals surface area contributed by atoms with Crippen LogP contribution in [0.1, 0.15) is 0 Å². The van der Waals surface area contributed by atoms with Crippen LogP contribution in [0.3, 0.4) is 0 Å². The lowest BCUT2D eigenvalue weighted by atomic mass is 10.2. The van der Waals surface area contributed by atoms with Crippen LogP contribution in [0.4, 0.5) is 0 Å². The van der Waals surface area contributed by atoms with Crippen LogP contribution in [0.5, 0.6) is 0 Å². The maximum Gasteiger partial charge on any atom is 0.150 e. The average Bonchev–Trinajstić information content (AvgIpc) is 2.70. The van der Waals surface area contributed by atoms with Gasteiger partial charge in [-0.25, -0.2) is 4.63 Å². The van der Waals surface area contributed by atoms with Crippen LogP contribution < -0.4 is 0 Å². The van der Waals surface area contributed by atoms with Gasteiger partial charge in [-0.15, -0.1) is 0 Å². The maximum absolute atomic E-state index is 9.18. The largest absolute Gasteiger partial charge is 0.399 e. The minimum atomic E-state index is 0.542. The van der Waals surface area contributed by atoms with E-state index in [4.69, 9.17) is 0 Å². The summed E-state index contributed by atoms with van der Waals surface area (Å²) in [7, 11) is 0. The highest BCUT2D eigenvalue weighted by atomic mass is 16.8. The van der Waals surface area contributed by atoms with Crippen LogP contribution in [0, 0.1) is 0 Å². The molecule has 0 unspecified atom stereocenters. The van der Waals surface area contributed by atoms with Gasteiger partial charge in [0.2, 0.25) is 0 Å². The Morgan fingerprint density at radius 3 is 3.15 bits per heavy atom. The topological polar surface area (TPSA) is 64.1 Å². The van der Waals surface area contributed by atoms with Crippen molar-refractivity contribution in [3.63, 3.8) is 0 Å². The predicted molar refractivity (Wildman–Crippen MR) is 44.5 cm³/mol. The van der Waals surface area contributed by atoms with E-state index in [0.717, 1.165) is 10.9 Å². The Morgan fingerprint density at radius 1 is 1.31 bits per heavy atom. The molecular weight excluding hydrogens is 170 g/mol. The van der Waals surface area contributed by atoms with E-state index < -0.39 is 0 Å². The molecule has 3 aromatic rings. The Morgan fingerprint density at radius 2 is 2.23 bits per heavy atom. The number of aromatic nitrogens is 3. The highest BCUT2D eigenvalue weighted by molar-refractivity contribution is 6.02. The number of nitrogens with zero attached hydrogens (tertiary/aromatic N) is 3. The zero-order valence-corrected chi connectivity index (χ0v) is 6.51. The highest BCUT2D eigenvalue weighted by Crippen LogP contribution is 2.22. The highest BCUT2D eigenvalue weighted by Gasteiger charge is 2.08. The van der Waals surface area contributed by atoms with E-state index in [-0.39, 0.29) is 0 Å². The quantitative estimate of drug-likeness (QED) is 0.524. The van der Waals surface area contributed by atoms with E-state index >= 15 is 0 Å². The number of fused-ring (bicyclic) bond motifs is 3. The molecule has 1 N–H and O–H groups in total. The molecule has 0 aliphatic heterocycles. The summed E-state index contributed by atoms with van der Waals surface area (Å²) in [6.07, 6.45) is 1.69. The smallest absolute Gasteiger partial charge is 0.150 e. The Hall–Kier alpha value is -2.04. The molecule has 0 aliphatic carbocycles. The molecular formula is C8H5N3O2. The Balaban J connectivity index is 2.66. The standard InChI is InChI=1S/C8H5N3O2/c12-11-7-2-1-6-5(3-4-9-6)8(7)10-13-11/h1-4,12H. The average molecular weight is 175 g/mol. The third-order valence-corrected chi connectivity index (χ3v) is 2.04. The van der Waals surface area contributed by atoms with Gasteiger partial charge in [-0.2, -0.15) is 0 Å². The first-order valence-electron chi connectivity index (χ1n) is 3.78. The van der Waals surface area contributed by atoms with Crippen molar-refractivity contribution in [2.75, 3.05) is 0 Å². The summed E-state index contributed by atoms with van der Waals surface area (Å²) in [5.74, 6) is 0. The summed E-state index contributed by atoms with van der Waals surface area (Å²) >= 11 is 0. The molecule has 0 saturated heterocycles. The minimum Gasteiger partial charge on any atom is -0.399 e. The molecule has 0 amide bonds. The summed E-state index contributed by atoms with van der Waals surface area (Å²) in [6.45, 7) is 0. The predicted octanol–water partition coefficient (Wildman–Crippen LogP) is 1.41. The van der Waals surface area contributed by atoms with Gasteiger partial charge >= 0.3 is 0 Å². The van der Waals surface area contributed by atoms with Crippen molar-refractivity contribution >= 4 is 21.9 Å². The van der Waals surface area contributed by atoms with Gasteiger partial charge < -0.3 is 5.21 Å². The van der Waals surface area contributed by atoms with E-state index in [1.165, 1.54) is 0 Å². The molecule has 0 atom stereocenters. The third kappa shape index (κ3) is 0.703. The number of benzene rings is 1. The Kier molecular flexibility index (Phi) is 0.999. The van der Waals surface area contributed by atoms with E-state index in [0.29, 0.717) is 15.9 Å². The molecule has 0 spiro atoms. The lowest BCUT2D eigenvalue weighted by molar-refractivity contribution is -0.00914. The molecule has 0 saturated carbocycles. The maximum atomic E-state index is 9.18. The summed E-state index contributed by atoms with van der Waals surface area (Å²) in [5, 5.41) is 13.8. The molecule has 64 valence electrons. The molecule has 3 rings (SSSR count). The van der Waals surface area contributed by atoms with Gasteiger partial charge in [0.15, 0.2) is 0 Å². The lowest BCUT2D eigenvalue weighted by Gasteiger charge is -1.88. The zero-order chi connectivity index (χ0) is 8.84. The van der Waals surface area contributed by atoms with E-state index in [2.05, 4.69) is 14.8 Å². The van der Waals surface area contributed by atoms with Gasteiger partial charge in [-0.1, -0.05) is 0 Å².